The molecule has 0 aliphatic carbocycles. The summed E-state index contributed by atoms with van der Waals surface area (Å²) in [6.45, 7) is 7.87. The summed E-state index contributed by atoms with van der Waals surface area (Å²) in [7, 11) is 1.39. The first-order chi connectivity index (χ1) is 14.8. The molecule has 2 aromatic heterocycles. The van der Waals surface area contributed by atoms with E-state index in [0.29, 0.717) is 18.4 Å². The van der Waals surface area contributed by atoms with Crippen LogP contribution in [0, 0.1) is 13.8 Å². The third kappa shape index (κ3) is 4.82. The molecule has 2 heterocycles. The van der Waals surface area contributed by atoms with E-state index in [1.54, 1.807) is 17.3 Å². The van der Waals surface area contributed by atoms with Crippen molar-refractivity contribution >= 4 is 17.6 Å². The zero-order chi connectivity index (χ0) is 22.5. The summed E-state index contributed by atoms with van der Waals surface area (Å²) < 4.78 is 6.59. The first kappa shape index (κ1) is 22.2. The van der Waals surface area contributed by atoms with Gasteiger partial charge in [-0.05, 0) is 76.1 Å². The third-order valence-electron chi connectivity index (χ3n) is 5.27. The quantitative estimate of drug-likeness (QED) is 0.539. The zero-order valence-electron chi connectivity index (χ0n) is 18.6. The SMILES string of the molecule is COC(=O)CCc1c(C)nn(-c2ccc(C(=O)N(c3cccnc3)C(C)C)cc2)c1C. The van der Waals surface area contributed by atoms with Crippen molar-refractivity contribution in [1.82, 2.24) is 14.8 Å². The molecule has 7 nitrogen and oxygen atoms in total. The molecular formula is C24H28N4O3. The molecule has 3 rings (SSSR count). The van der Waals surface area contributed by atoms with Gasteiger partial charge < -0.3 is 9.64 Å². The van der Waals surface area contributed by atoms with Crippen LogP contribution in [0.25, 0.3) is 5.69 Å². The van der Waals surface area contributed by atoms with E-state index in [4.69, 9.17) is 4.74 Å². The molecular weight excluding hydrogens is 392 g/mol. The van der Waals surface area contributed by atoms with Gasteiger partial charge in [0.1, 0.15) is 0 Å². The summed E-state index contributed by atoms with van der Waals surface area (Å²) in [5, 5.41) is 4.63. The highest BCUT2D eigenvalue weighted by atomic mass is 16.5. The number of anilines is 1. The lowest BCUT2D eigenvalue weighted by Gasteiger charge is -2.26. The van der Waals surface area contributed by atoms with Crippen molar-refractivity contribution in [2.24, 2.45) is 0 Å². The van der Waals surface area contributed by atoms with Gasteiger partial charge in [-0.25, -0.2) is 4.68 Å². The van der Waals surface area contributed by atoms with Crippen LogP contribution in [0.2, 0.25) is 0 Å². The molecule has 0 N–H and O–H groups in total. The average Bonchev–Trinajstić information content (AvgIpc) is 3.06. The number of amides is 1. The molecule has 1 aromatic carbocycles. The van der Waals surface area contributed by atoms with E-state index in [2.05, 4.69) is 10.1 Å². The summed E-state index contributed by atoms with van der Waals surface area (Å²) >= 11 is 0. The number of hydrogen-bond donors (Lipinski definition) is 0. The first-order valence-corrected chi connectivity index (χ1v) is 10.3. The van der Waals surface area contributed by atoms with Crippen LogP contribution in [0.15, 0.2) is 48.8 Å². The van der Waals surface area contributed by atoms with Gasteiger partial charge in [-0.3, -0.25) is 14.6 Å². The van der Waals surface area contributed by atoms with Crippen LogP contribution in [0.3, 0.4) is 0 Å². The molecule has 0 saturated carbocycles. The number of pyridine rings is 1. The maximum Gasteiger partial charge on any atom is 0.305 e. The van der Waals surface area contributed by atoms with E-state index in [1.807, 2.05) is 68.8 Å². The van der Waals surface area contributed by atoms with Crippen LogP contribution >= 0.6 is 0 Å². The highest BCUT2D eigenvalue weighted by Gasteiger charge is 2.21. The average molecular weight is 421 g/mol. The third-order valence-corrected chi connectivity index (χ3v) is 5.27. The minimum atomic E-state index is -0.238. The number of aryl methyl sites for hydroxylation is 1. The molecule has 0 fully saturated rings. The highest BCUT2D eigenvalue weighted by molar-refractivity contribution is 6.06. The second-order valence-corrected chi connectivity index (χ2v) is 7.66. The number of hydrogen-bond acceptors (Lipinski definition) is 5. The lowest BCUT2D eigenvalue weighted by atomic mass is 10.1. The van der Waals surface area contributed by atoms with Crippen LogP contribution in [0.4, 0.5) is 5.69 Å². The van der Waals surface area contributed by atoms with Gasteiger partial charge in [-0.15, -0.1) is 0 Å². The normalized spacial score (nSPS) is 10.9. The second kappa shape index (κ2) is 9.55. The predicted octanol–water partition coefficient (Wildman–Crippen LogP) is 4.04. The van der Waals surface area contributed by atoms with Gasteiger partial charge in [0, 0.05) is 29.9 Å². The van der Waals surface area contributed by atoms with Crippen LogP contribution < -0.4 is 4.90 Å². The number of nitrogens with zero attached hydrogens (tertiary/aromatic N) is 4. The molecule has 3 aromatic rings. The summed E-state index contributed by atoms with van der Waals surface area (Å²) in [6, 6.07) is 11.1. The van der Waals surface area contributed by atoms with Gasteiger partial charge in [0.2, 0.25) is 0 Å². The molecule has 0 spiro atoms. The fourth-order valence-corrected chi connectivity index (χ4v) is 3.65. The number of carbonyl (C=O) groups excluding carboxylic acids is 2. The molecule has 0 aliphatic heterocycles. The maximum atomic E-state index is 13.2. The monoisotopic (exact) mass is 420 g/mol. The maximum absolute atomic E-state index is 13.2. The van der Waals surface area contributed by atoms with E-state index in [-0.39, 0.29) is 17.9 Å². The van der Waals surface area contributed by atoms with Crippen LogP contribution in [0.1, 0.15) is 47.6 Å². The topological polar surface area (TPSA) is 77.3 Å². The Labute approximate surface area is 182 Å². The second-order valence-electron chi connectivity index (χ2n) is 7.66. The van der Waals surface area contributed by atoms with E-state index in [9.17, 15) is 9.59 Å². The minimum Gasteiger partial charge on any atom is -0.469 e. The summed E-state index contributed by atoms with van der Waals surface area (Å²) in [4.78, 5) is 30.5. The summed E-state index contributed by atoms with van der Waals surface area (Å²) in [5.74, 6) is -0.320. The lowest BCUT2D eigenvalue weighted by molar-refractivity contribution is -0.140. The minimum absolute atomic E-state index is 0.00949. The number of rotatable bonds is 7. The number of benzene rings is 1. The Morgan fingerprint density at radius 2 is 1.84 bits per heavy atom. The number of carbonyl (C=O) groups is 2. The number of ether oxygens (including phenoxy) is 1. The molecule has 0 aliphatic rings. The first-order valence-electron chi connectivity index (χ1n) is 10.3. The van der Waals surface area contributed by atoms with Crippen molar-refractivity contribution in [3.63, 3.8) is 0 Å². The van der Waals surface area contributed by atoms with Crippen LogP contribution in [-0.4, -0.2) is 39.8 Å². The Hall–Kier alpha value is -3.48. The van der Waals surface area contributed by atoms with E-state index >= 15 is 0 Å². The van der Waals surface area contributed by atoms with Crippen LogP contribution in [0.5, 0.6) is 0 Å². The number of aromatic nitrogens is 3. The van der Waals surface area contributed by atoms with Gasteiger partial charge in [-0.1, -0.05) is 0 Å². The van der Waals surface area contributed by atoms with Crippen molar-refractivity contribution in [2.75, 3.05) is 12.0 Å². The van der Waals surface area contributed by atoms with Gasteiger partial charge in [0.05, 0.1) is 30.4 Å². The fraction of sp³-hybridized carbons (Fsp3) is 0.333. The molecule has 0 saturated heterocycles. The molecule has 31 heavy (non-hydrogen) atoms. The Bertz CT molecular complexity index is 1060. The van der Waals surface area contributed by atoms with Crippen LogP contribution in [-0.2, 0) is 16.0 Å². The Morgan fingerprint density at radius 1 is 1.13 bits per heavy atom. The molecule has 162 valence electrons. The zero-order valence-corrected chi connectivity index (χ0v) is 18.6. The van der Waals surface area contributed by atoms with E-state index in [0.717, 1.165) is 28.3 Å². The lowest BCUT2D eigenvalue weighted by Crippen LogP contribution is -2.37. The van der Waals surface area contributed by atoms with Crippen molar-refractivity contribution in [3.8, 4) is 5.69 Å². The van der Waals surface area contributed by atoms with Crippen molar-refractivity contribution < 1.29 is 14.3 Å². The number of methoxy groups -OCH3 is 1. The standard InChI is InChI=1S/C24H28N4O3/c1-16(2)27(21-7-6-14-25-15-21)24(30)19-8-10-20(11-9-19)28-18(4)22(17(3)26-28)12-13-23(29)31-5/h6-11,14-16H,12-13H2,1-5H3. The number of esters is 1. The van der Waals surface area contributed by atoms with Gasteiger partial charge in [-0.2, -0.15) is 5.10 Å². The molecule has 0 radical (unpaired) electrons. The molecule has 1 amide bonds. The van der Waals surface area contributed by atoms with Crippen molar-refractivity contribution in [2.45, 2.75) is 46.6 Å². The van der Waals surface area contributed by atoms with Crippen molar-refractivity contribution in [3.05, 3.63) is 71.3 Å². The highest BCUT2D eigenvalue weighted by Crippen LogP contribution is 2.22. The fourth-order valence-electron chi connectivity index (χ4n) is 3.65. The predicted molar refractivity (Wildman–Crippen MR) is 120 cm³/mol. The Kier molecular flexibility index (Phi) is 6.84. The Morgan fingerprint density at radius 3 is 2.42 bits per heavy atom. The van der Waals surface area contributed by atoms with Crippen molar-refractivity contribution in [1.29, 1.82) is 0 Å². The molecule has 0 atom stereocenters. The van der Waals surface area contributed by atoms with Gasteiger partial charge in [0.25, 0.3) is 5.91 Å². The Balaban J connectivity index is 1.85. The van der Waals surface area contributed by atoms with E-state index in [1.165, 1.54) is 7.11 Å². The van der Waals surface area contributed by atoms with Gasteiger partial charge in [0.15, 0.2) is 0 Å². The molecule has 0 bridgehead atoms. The smallest absolute Gasteiger partial charge is 0.305 e. The van der Waals surface area contributed by atoms with E-state index < -0.39 is 0 Å². The molecule has 0 unspecified atom stereocenters. The summed E-state index contributed by atoms with van der Waals surface area (Å²) in [6.07, 6.45) is 4.28. The molecule has 7 heteroatoms. The largest absolute Gasteiger partial charge is 0.469 e. The van der Waals surface area contributed by atoms with Gasteiger partial charge >= 0.3 is 5.97 Å². The summed E-state index contributed by atoms with van der Waals surface area (Å²) in [5.41, 5.74) is 5.10.